The van der Waals surface area contributed by atoms with Gasteiger partial charge in [0.1, 0.15) is 0 Å². The van der Waals surface area contributed by atoms with Gasteiger partial charge in [0, 0.05) is 11.0 Å². The first-order chi connectivity index (χ1) is 8.96. The Morgan fingerprint density at radius 3 is 2.42 bits per heavy atom. The van der Waals surface area contributed by atoms with Crippen molar-refractivity contribution in [3.8, 4) is 10.4 Å². The number of aryl methyl sites for hydroxylation is 1. The van der Waals surface area contributed by atoms with E-state index in [2.05, 4.69) is 54.4 Å². The van der Waals surface area contributed by atoms with Gasteiger partial charge in [0.15, 0.2) is 0 Å². The highest BCUT2D eigenvalue weighted by atomic mass is 32.2. The summed E-state index contributed by atoms with van der Waals surface area (Å²) in [7, 11) is 0. The molecule has 0 spiro atoms. The molecule has 2 aromatic rings. The van der Waals surface area contributed by atoms with E-state index in [1.165, 1.54) is 10.4 Å². The van der Waals surface area contributed by atoms with Crippen LogP contribution in [0.3, 0.4) is 0 Å². The van der Waals surface area contributed by atoms with E-state index in [1.54, 1.807) is 23.3 Å². The van der Waals surface area contributed by atoms with Crippen LogP contribution in [-0.4, -0.2) is 15.9 Å². The first-order valence-corrected chi connectivity index (χ1v) is 7.83. The van der Waals surface area contributed by atoms with Crippen molar-refractivity contribution in [2.24, 2.45) is 4.40 Å². The second-order valence-electron chi connectivity index (χ2n) is 5.33. The van der Waals surface area contributed by atoms with Gasteiger partial charge in [-0.05, 0) is 50.8 Å². The van der Waals surface area contributed by atoms with Crippen LogP contribution in [-0.2, 0) is 0 Å². The zero-order chi connectivity index (χ0) is 13.9. The summed E-state index contributed by atoms with van der Waals surface area (Å²) < 4.78 is 4.57. The predicted molar refractivity (Wildman–Crippen MR) is 87.2 cm³/mol. The standard InChI is InChI=1S/C15H18N2S2/c1-11-14(18-10-16-11)13-7-5-12(6-8-13)9-17-19-15(2,3)4/h5-10H,1-4H3/b17-9+. The molecule has 0 saturated carbocycles. The molecule has 4 heteroatoms. The Balaban J connectivity index is 2.09. The van der Waals surface area contributed by atoms with Crippen LogP contribution in [0.5, 0.6) is 0 Å². The third-order valence-electron chi connectivity index (χ3n) is 2.45. The highest BCUT2D eigenvalue weighted by molar-refractivity contribution is 7.99. The number of benzene rings is 1. The third-order valence-corrected chi connectivity index (χ3v) is 4.18. The minimum atomic E-state index is 0.163. The van der Waals surface area contributed by atoms with Crippen molar-refractivity contribution < 1.29 is 0 Å². The summed E-state index contributed by atoms with van der Waals surface area (Å²) in [6, 6.07) is 8.45. The molecule has 0 aliphatic carbocycles. The average Bonchev–Trinajstić information content (AvgIpc) is 2.75. The summed E-state index contributed by atoms with van der Waals surface area (Å²) in [5, 5.41) is 0. The lowest BCUT2D eigenvalue weighted by Crippen LogP contribution is -2.04. The van der Waals surface area contributed by atoms with Crippen LogP contribution in [0.1, 0.15) is 32.0 Å². The lowest BCUT2D eigenvalue weighted by Gasteiger charge is -2.12. The van der Waals surface area contributed by atoms with Crippen LogP contribution in [0.15, 0.2) is 34.2 Å². The molecule has 100 valence electrons. The molecule has 0 fully saturated rings. The Morgan fingerprint density at radius 1 is 1.21 bits per heavy atom. The number of thiazole rings is 1. The molecule has 0 unspecified atom stereocenters. The number of hydrogen-bond donors (Lipinski definition) is 0. The summed E-state index contributed by atoms with van der Waals surface area (Å²) in [6.45, 7) is 8.52. The van der Waals surface area contributed by atoms with Crippen LogP contribution in [0.2, 0.25) is 0 Å². The van der Waals surface area contributed by atoms with Crippen LogP contribution >= 0.6 is 23.3 Å². The van der Waals surface area contributed by atoms with E-state index in [9.17, 15) is 0 Å². The molecule has 0 saturated heterocycles. The van der Waals surface area contributed by atoms with Gasteiger partial charge >= 0.3 is 0 Å². The average molecular weight is 290 g/mol. The van der Waals surface area contributed by atoms with E-state index in [1.807, 2.05) is 18.6 Å². The van der Waals surface area contributed by atoms with Crippen molar-refractivity contribution in [1.29, 1.82) is 0 Å². The topological polar surface area (TPSA) is 25.2 Å². The van der Waals surface area contributed by atoms with Gasteiger partial charge in [0.25, 0.3) is 0 Å². The first-order valence-electron chi connectivity index (χ1n) is 6.18. The van der Waals surface area contributed by atoms with Gasteiger partial charge in [-0.3, -0.25) is 0 Å². The quantitative estimate of drug-likeness (QED) is 0.588. The van der Waals surface area contributed by atoms with Crippen LogP contribution in [0.4, 0.5) is 0 Å². The molecule has 1 aromatic heterocycles. The molecular weight excluding hydrogens is 272 g/mol. The smallest absolute Gasteiger partial charge is 0.0801 e. The maximum atomic E-state index is 4.40. The van der Waals surface area contributed by atoms with E-state index in [-0.39, 0.29) is 4.75 Å². The lowest BCUT2D eigenvalue weighted by molar-refractivity contribution is 0.804. The van der Waals surface area contributed by atoms with Gasteiger partial charge in [-0.2, -0.15) is 0 Å². The van der Waals surface area contributed by atoms with E-state index >= 15 is 0 Å². The summed E-state index contributed by atoms with van der Waals surface area (Å²) >= 11 is 3.28. The highest BCUT2D eigenvalue weighted by Gasteiger charge is 2.09. The van der Waals surface area contributed by atoms with Gasteiger partial charge in [-0.15, -0.1) is 11.3 Å². The van der Waals surface area contributed by atoms with Gasteiger partial charge in [0.2, 0.25) is 0 Å². The van der Waals surface area contributed by atoms with Gasteiger partial charge in [-0.25, -0.2) is 9.38 Å². The first kappa shape index (κ1) is 14.3. The fraction of sp³-hybridized carbons (Fsp3) is 0.333. The van der Waals surface area contributed by atoms with Gasteiger partial charge < -0.3 is 0 Å². The number of aromatic nitrogens is 1. The second kappa shape index (κ2) is 5.88. The molecule has 0 N–H and O–H groups in total. The molecule has 0 radical (unpaired) electrons. The number of rotatable bonds is 3. The molecular formula is C15H18N2S2. The van der Waals surface area contributed by atoms with E-state index in [4.69, 9.17) is 0 Å². The summed E-state index contributed by atoms with van der Waals surface area (Å²) in [4.78, 5) is 5.52. The minimum Gasteiger partial charge on any atom is -0.249 e. The van der Waals surface area contributed by atoms with Crippen molar-refractivity contribution in [3.05, 3.63) is 41.0 Å². The molecule has 0 atom stereocenters. The summed E-state index contributed by atoms with van der Waals surface area (Å²) in [6.07, 6.45) is 1.92. The van der Waals surface area contributed by atoms with Crippen LogP contribution < -0.4 is 0 Å². The fourth-order valence-corrected chi connectivity index (χ4v) is 2.85. The van der Waals surface area contributed by atoms with E-state index in [0.29, 0.717) is 0 Å². The normalized spacial score (nSPS) is 12.2. The molecule has 0 bridgehead atoms. The van der Waals surface area contributed by atoms with E-state index in [0.717, 1.165) is 11.3 Å². The predicted octanol–water partition coefficient (Wildman–Crippen LogP) is 4.98. The van der Waals surface area contributed by atoms with E-state index < -0.39 is 0 Å². The van der Waals surface area contributed by atoms with Crippen LogP contribution in [0.25, 0.3) is 10.4 Å². The minimum absolute atomic E-state index is 0.163. The van der Waals surface area contributed by atoms with Crippen molar-refractivity contribution in [1.82, 2.24) is 4.98 Å². The fourth-order valence-electron chi connectivity index (χ4n) is 1.54. The second-order valence-corrected chi connectivity index (χ2v) is 7.80. The van der Waals surface area contributed by atoms with Crippen molar-refractivity contribution in [3.63, 3.8) is 0 Å². The Hall–Kier alpha value is -1.13. The Morgan fingerprint density at radius 2 is 1.89 bits per heavy atom. The summed E-state index contributed by atoms with van der Waals surface area (Å²) in [5.74, 6) is 0. The molecule has 0 aliphatic heterocycles. The molecule has 1 aromatic carbocycles. The number of hydrogen-bond acceptors (Lipinski definition) is 4. The maximum Gasteiger partial charge on any atom is 0.0801 e. The molecule has 0 aliphatic rings. The molecule has 1 heterocycles. The zero-order valence-corrected chi connectivity index (χ0v) is 13.3. The van der Waals surface area contributed by atoms with Gasteiger partial charge in [-0.1, -0.05) is 24.3 Å². The zero-order valence-electron chi connectivity index (χ0n) is 11.7. The largest absolute Gasteiger partial charge is 0.249 e. The SMILES string of the molecule is Cc1ncsc1-c1ccc(/C=N/SC(C)(C)C)cc1. The van der Waals surface area contributed by atoms with Gasteiger partial charge in [0.05, 0.1) is 16.1 Å². The molecule has 19 heavy (non-hydrogen) atoms. The lowest BCUT2D eigenvalue weighted by atomic mass is 10.1. The summed E-state index contributed by atoms with van der Waals surface area (Å²) in [5.41, 5.74) is 5.33. The Bertz CT molecular complexity index is 563. The van der Waals surface area contributed by atoms with Crippen molar-refractivity contribution in [2.75, 3.05) is 0 Å². The highest BCUT2D eigenvalue weighted by Crippen LogP contribution is 2.27. The van der Waals surface area contributed by atoms with Crippen molar-refractivity contribution >= 4 is 29.5 Å². The molecule has 2 nitrogen and oxygen atoms in total. The van der Waals surface area contributed by atoms with Crippen molar-refractivity contribution in [2.45, 2.75) is 32.4 Å². The van der Waals surface area contributed by atoms with Crippen LogP contribution in [0, 0.1) is 6.92 Å². The third kappa shape index (κ3) is 4.18. The Kier molecular flexibility index (Phi) is 4.42. The number of nitrogens with zero attached hydrogens (tertiary/aromatic N) is 2. The Labute approximate surface area is 123 Å². The monoisotopic (exact) mass is 290 g/mol. The maximum absolute atomic E-state index is 4.40. The molecule has 0 amide bonds. The molecule has 2 rings (SSSR count).